The number of sulfonamides is 1. The van der Waals surface area contributed by atoms with Gasteiger partial charge < -0.3 is 4.74 Å². The van der Waals surface area contributed by atoms with Gasteiger partial charge in [0, 0.05) is 25.2 Å². The van der Waals surface area contributed by atoms with Crippen LogP contribution >= 0.6 is 0 Å². The molecule has 0 aromatic heterocycles. The van der Waals surface area contributed by atoms with Gasteiger partial charge in [0.2, 0.25) is 10.0 Å². The Morgan fingerprint density at radius 3 is 2.29 bits per heavy atom. The Balaban J connectivity index is 2.12. The average molecular weight is 342 g/mol. The molecule has 0 amide bonds. The first kappa shape index (κ1) is 17.1. The first-order valence-electron chi connectivity index (χ1n) is 6.92. The van der Waals surface area contributed by atoms with E-state index in [0.717, 1.165) is 6.26 Å². The molecule has 2 rings (SSSR count). The van der Waals surface area contributed by atoms with Gasteiger partial charge in [0.25, 0.3) is 10.1 Å². The number of rotatable bonds is 4. The second kappa shape index (κ2) is 6.47. The van der Waals surface area contributed by atoms with Crippen LogP contribution in [0.4, 0.5) is 0 Å². The predicted molar refractivity (Wildman–Crippen MR) is 77.1 cm³/mol. The highest BCUT2D eigenvalue weighted by Gasteiger charge is 2.42. The molecule has 3 unspecified atom stereocenters. The van der Waals surface area contributed by atoms with Gasteiger partial charge in [0.15, 0.2) is 0 Å². The summed E-state index contributed by atoms with van der Waals surface area (Å²) in [5, 5.41) is -0.969. The van der Waals surface area contributed by atoms with Crippen molar-refractivity contribution >= 4 is 20.1 Å². The van der Waals surface area contributed by atoms with Gasteiger partial charge in [0.05, 0.1) is 19.5 Å². The number of morpholine rings is 1. The SMILES string of the molecule is CS(=O)(=O)NC1CCC(N2CCOCC2)C(S(=O)(=O)O)C1. The van der Waals surface area contributed by atoms with Crippen molar-refractivity contribution < 1.29 is 26.1 Å². The molecule has 2 N–H and O–H groups in total. The summed E-state index contributed by atoms with van der Waals surface area (Å²) in [6.07, 6.45) is 2.22. The third-order valence-corrected chi connectivity index (χ3v) is 6.07. The largest absolute Gasteiger partial charge is 0.379 e. The molecule has 2 aliphatic rings. The van der Waals surface area contributed by atoms with Gasteiger partial charge in [-0.15, -0.1) is 0 Å². The van der Waals surface area contributed by atoms with Crippen LogP contribution in [0.5, 0.6) is 0 Å². The highest BCUT2D eigenvalue weighted by molar-refractivity contribution is 7.88. The van der Waals surface area contributed by atoms with Crippen molar-refractivity contribution in [2.24, 2.45) is 0 Å². The molecule has 1 heterocycles. The van der Waals surface area contributed by atoms with Crippen LogP contribution in [0.1, 0.15) is 19.3 Å². The third kappa shape index (κ3) is 4.86. The van der Waals surface area contributed by atoms with Crippen LogP contribution in [0.2, 0.25) is 0 Å². The van der Waals surface area contributed by atoms with Crippen LogP contribution in [0.15, 0.2) is 0 Å². The number of hydrogen-bond acceptors (Lipinski definition) is 6. The monoisotopic (exact) mass is 342 g/mol. The van der Waals surface area contributed by atoms with Crippen molar-refractivity contribution in [2.75, 3.05) is 32.6 Å². The molecular weight excluding hydrogens is 320 g/mol. The summed E-state index contributed by atoms with van der Waals surface area (Å²) in [5.41, 5.74) is 0. The van der Waals surface area contributed by atoms with Gasteiger partial charge in [0.1, 0.15) is 5.25 Å². The van der Waals surface area contributed by atoms with Crippen LogP contribution in [0.3, 0.4) is 0 Å². The van der Waals surface area contributed by atoms with Crippen molar-refractivity contribution in [1.29, 1.82) is 0 Å². The fourth-order valence-electron chi connectivity index (χ4n) is 3.17. The topological polar surface area (TPSA) is 113 Å². The lowest BCUT2D eigenvalue weighted by Crippen LogP contribution is -2.56. The number of ether oxygens (including phenoxy) is 1. The molecule has 8 nitrogen and oxygen atoms in total. The van der Waals surface area contributed by atoms with E-state index in [-0.39, 0.29) is 12.5 Å². The second-order valence-electron chi connectivity index (χ2n) is 5.67. The quantitative estimate of drug-likeness (QED) is 0.633. The van der Waals surface area contributed by atoms with E-state index < -0.39 is 31.4 Å². The maximum atomic E-state index is 11.7. The van der Waals surface area contributed by atoms with Crippen LogP contribution in [0.25, 0.3) is 0 Å². The van der Waals surface area contributed by atoms with Crippen LogP contribution in [-0.4, -0.2) is 76.2 Å². The minimum absolute atomic E-state index is 0.0912. The molecule has 0 bridgehead atoms. The molecule has 3 atom stereocenters. The van der Waals surface area contributed by atoms with Gasteiger partial charge in [-0.3, -0.25) is 9.45 Å². The van der Waals surface area contributed by atoms with Crippen molar-refractivity contribution in [3.63, 3.8) is 0 Å². The van der Waals surface area contributed by atoms with Crippen molar-refractivity contribution in [3.05, 3.63) is 0 Å². The zero-order valence-electron chi connectivity index (χ0n) is 11.9. The maximum Gasteiger partial charge on any atom is 0.269 e. The molecule has 1 aliphatic heterocycles. The minimum atomic E-state index is -4.23. The van der Waals surface area contributed by atoms with E-state index in [1.807, 2.05) is 4.90 Å². The van der Waals surface area contributed by atoms with Crippen molar-refractivity contribution in [2.45, 2.75) is 36.6 Å². The Labute approximate surface area is 125 Å². The fraction of sp³-hybridized carbons (Fsp3) is 1.00. The molecule has 21 heavy (non-hydrogen) atoms. The van der Waals surface area contributed by atoms with E-state index in [4.69, 9.17) is 4.74 Å². The van der Waals surface area contributed by atoms with Crippen LogP contribution in [-0.2, 0) is 24.9 Å². The number of nitrogens with one attached hydrogen (secondary N) is 1. The first-order valence-corrected chi connectivity index (χ1v) is 10.3. The maximum absolute atomic E-state index is 11.7. The summed E-state index contributed by atoms with van der Waals surface area (Å²) >= 11 is 0. The highest BCUT2D eigenvalue weighted by atomic mass is 32.2. The first-order chi connectivity index (χ1) is 9.67. The number of hydrogen-bond donors (Lipinski definition) is 2. The molecule has 0 aromatic rings. The standard InChI is InChI=1S/C11H22N2O6S2/c1-20(14,15)12-9-2-3-10(11(8-9)21(16,17)18)13-4-6-19-7-5-13/h9-12H,2-8H2,1H3,(H,16,17,18). The smallest absolute Gasteiger partial charge is 0.269 e. The lowest BCUT2D eigenvalue weighted by molar-refractivity contribution is 0.00755. The van der Waals surface area contributed by atoms with E-state index >= 15 is 0 Å². The summed E-state index contributed by atoms with van der Waals surface area (Å²) in [4.78, 5) is 2.01. The second-order valence-corrected chi connectivity index (χ2v) is 9.08. The summed E-state index contributed by atoms with van der Waals surface area (Å²) in [7, 11) is -7.63. The molecule has 2 fully saturated rings. The molecule has 1 saturated carbocycles. The summed E-state index contributed by atoms with van der Waals surface area (Å²) in [5.74, 6) is 0. The molecule has 0 aromatic carbocycles. The van der Waals surface area contributed by atoms with Gasteiger partial charge in [-0.1, -0.05) is 0 Å². The van der Waals surface area contributed by atoms with Crippen molar-refractivity contribution in [1.82, 2.24) is 9.62 Å². The molecule has 124 valence electrons. The zero-order valence-corrected chi connectivity index (χ0v) is 13.6. The Hall–Kier alpha value is -0.260. The van der Waals surface area contributed by atoms with E-state index in [0.29, 0.717) is 39.1 Å². The Bertz CT molecular complexity index is 555. The average Bonchev–Trinajstić information content (AvgIpc) is 2.37. The third-order valence-electron chi connectivity index (χ3n) is 4.03. The number of nitrogens with zero attached hydrogens (tertiary/aromatic N) is 1. The van der Waals surface area contributed by atoms with Gasteiger partial charge >= 0.3 is 0 Å². The van der Waals surface area contributed by atoms with Gasteiger partial charge in [-0.2, -0.15) is 8.42 Å². The van der Waals surface area contributed by atoms with Gasteiger partial charge in [-0.25, -0.2) is 13.1 Å². The zero-order chi connectivity index (χ0) is 15.7. The van der Waals surface area contributed by atoms with Crippen molar-refractivity contribution in [3.8, 4) is 0 Å². The normalized spacial score (nSPS) is 33.0. The van der Waals surface area contributed by atoms with E-state index in [1.54, 1.807) is 0 Å². The molecular formula is C11H22N2O6S2. The van der Waals surface area contributed by atoms with Crippen LogP contribution in [0, 0.1) is 0 Å². The van der Waals surface area contributed by atoms with E-state index in [1.165, 1.54) is 0 Å². The predicted octanol–water partition coefficient (Wildman–Crippen LogP) is -0.955. The highest BCUT2D eigenvalue weighted by Crippen LogP contribution is 2.29. The van der Waals surface area contributed by atoms with Crippen LogP contribution < -0.4 is 4.72 Å². The van der Waals surface area contributed by atoms with Gasteiger partial charge in [-0.05, 0) is 19.3 Å². The Morgan fingerprint density at radius 1 is 1.14 bits per heavy atom. The summed E-state index contributed by atoms with van der Waals surface area (Å²) < 4.78 is 63.1. The summed E-state index contributed by atoms with van der Waals surface area (Å²) in [6.45, 7) is 2.33. The molecule has 1 aliphatic carbocycles. The minimum Gasteiger partial charge on any atom is -0.379 e. The lowest BCUT2D eigenvalue weighted by Gasteiger charge is -2.42. The molecule has 0 radical (unpaired) electrons. The van der Waals surface area contributed by atoms with E-state index in [9.17, 15) is 21.4 Å². The van der Waals surface area contributed by atoms with E-state index in [2.05, 4.69) is 4.72 Å². The Morgan fingerprint density at radius 2 is 1.76 bits per heavy atom. The lowest BCUT2D eigenvalue weighted by atomic mass is 9.90. The molecule has 10 heteroatoms. The molecule has 1 saturated heterocycles. The Kier molecular flexibility index (Phi) is 5.27. The molecule has 0 spiro atoms. The fourth-order valence-corrected chi connectivity index (χ4v) is 5.17. The summed E-state index contributed by atoms with van der Waals surface area (Å²) in [6, 6.07) is -0.745.